The largest absolute Gasteiger partial charge is 0.336 e. The molecule has 2 aromatic carbocycles. The number of hydrogen-bond donors (Lipinski definition) is 1. The number of nitrogens with zero attached hydrogens (tertiary/aromatic N) is 3. The molecular weight excluding hydrogens is 340 g/mol. The Morgan fingerprint density at radius 2 is 1.59 bits per heavy atom. The molecule has 2 fully saturated rings. The zero-order chi connectivity index (χ0) is 18.6. The molecule has 0 aromatic heterocycles. The normalized spacial score (nSPS) is 17.9. The summed E-state index contributed by atoms with van der Waals surface area (Å²) < 4.78 is 0. The van der Waals surface area contributed by atoms with Crippen LogP contribution in [0.15, 0.2) is 54.6 Å². The summed E-state index contributed by atoms with van der Waals surface area (Å²) in [6.45, 7) is 5.49. The van der Waals surface area contributed by atoms with Crippen LogP contribution in [0.25, 0.3) is 0 Å². The lowest BCUT2D eigenvalue weighted by Crippen LogP contribution is -2.48. The molecule has 2 saturated heterocycles. The second-order valence-electron chi connectivity index (χ2n) is 6.98. The van der Waals surface area contributed by atoms with Crippen LogP contribution in [-0.4, -0.2) is 61.0 Å². The van der Waals surface area contributed by atoms with Gasteiger partial charge in [0, 0.05) is 57.1 Å². The molecule has 6 heteroatoms. The quantitative estimate of drug-likeness (QED) is 0.905. The summed E-state index contributed by atoms with van der Waals surface area (Å²) in [4.78, 5) is 30.5. The van der Waals surface area contributed by atoms with Gasteiger partial charge in [0.1, 0.15) is 0 Å². The highest BCUT2D eigenvalue weighted by Gasteiger charge is 2.24. The first kappa shape index (κ1) is 17.5. The molecule has 140 valence electrons. The van der Waals surface area contributed by atoms with Crippen molar-refractivity contribution in [1.29, 1.82) is 0 Å². The minimum Gasteiger partial charge on any atom is -0.336 e. The van der Waals surface area contributed by atoms with Crippen molar-refractivity contribution >= 4 is 17.6 Å². The van der Waals surface area contributed by atoms with Gasteiger partial charge in [-0.3, -0.25) is 14.6 Å². The monoisotopic (exact) mass is 364 g/mol. The molecule has 27 heavy (non-hydrogen) atoms. The molecule has 0 radical (unpaired) electrons. The van der Waals surface area contributed by atoms with Crippen LogP contribution in [0.4, 0.5) is 10.5 Å². The van der Waals surface area contributed by atoms with Crippen LogP contribution in [0, 0.1) is 0 Å². The maximum Gasteiger partial charge on any atom is 0.321 e. The third kappa shape index (κ3) is 3.95. The predicted octanol–water partition coefficient (Wildman–Crippen LogP) is 2.17. The molecule has 0 aliphatic carbocycles. The van der Waals surface area contributed by atoms with Crippen LogP contribution in [0.5, 0.6) is 0 Å². The van der Waals surface area contributed by atoms with Crippen molar-refractivity contribution in [2.45, 2.75) is 6.54 Å². The van der Waals surface area contributed by atoms with Crippen LogP contribution in [-0.2, 0) is 6.54 Å². The Bertz CT molecular complexity index is 799. The van der Waals surface area contributed by atoms with Crippen molar-refractivity contribution in [3.8, 4) is 0 Å². The van der Waals surface area contributed by atoms with Crippen molar-refractivity contribution in [2.24, 2.45) is 0 Å². The summed E-state index contributed by atoms with van der Waals surface area (Å²) in [5, 5.41) is 2.79. The molecule has 1 N–H and O–H groups in total. The van der Waals surface area contributed by atoms with Crippen LogP contribution in [0.1, 0.15) is 15.9 Å². The predicted molar refractivity (Wildman–Crippen MR) is 105 cm³/mol. The van der Waals surface area contributed by atoms with Crippen LogP contribution in [0.3, 0.4) is 0 Å². The van der Waals surface area contributed by atoms with E-state index in [4.69, 9.17) is 0 Å². The van der Waals surface area contributed by atoms with Gasteiger partial charge in [0.25, 0.3) is 5.91 Å². The fraction of sp³-hybridized carbons (Fsp3) is 0.333. The smallest absolute Gasteiger partial charge is 0.321 e. The highest BCUT2D eigenvalue weighted by molar-refractivity contribution is 5.97. The zero-order valence-electron chi connectivity index (χ0n) is 15.3. The van der Waals surface area contributed by atoms with Crippen molar-refractivity contribution in [1.82, 2.24) is 15.1 Å². The van der Waals surface area contributed by atoms with E-state index in [1.54, 1.807) is 4.90 Å². The van der Waals surface area contributed by atoms with Gasteiger partial charge in [-0.05, 0) is 29.8 Å². The number of rotatable bonds is 4. The van der Waals surface area contributed by atoms with E-state index in [0.29, 0.717) is 18.7 Å². The van der Waals surface area contributed by atoms with Gasteiger partial charge in [-0.15, -0.1) is 0 Å². The maximum atomic E-state index is 12.8. The summed E-state index contributed by atoms with van der Waals surface area (Å²) in [6.07, 6.45) is 0. The minimum atomic E-state index is -0.0800. The van der Waals surface area contributed by atoms with Gasteiger partial charge in [-0.25, -0.2) is 4.79 Å². The molecule has 0 unspecified atom stereocenters. The van der Waals surface area contributed by atoms with Gasteiger partial charge < -0.3 is 10.2 Å². The summed E-state index contributed by atoms with van der Waals surface area (Å²) in [7, 11) is 0. The van der Waals surface area contributed by atoms with E-state index in [0.717, 1.165) is 38.4 Å². The lowest BCUT2D eigenvalue weighted by atomic mass is 10.1. The van der Waals surface area contributed by atoms with E-state index >= 15 is 0 Å². The van der Waals surface area contributed by atoms with E-state index in [-0.39, 0.29) is 11.9 Å². The second kappa shape index (κ2) is 7.80. The SMILES string of the molecule is O=C(c1ccc(N2CCNC2=O)cc1)N1CCN(Cc2ccccc2)CC1. The molecule has 4 rings (SSSR count). The van der Waals surface area contributed by atoms with E-state index in [9.17, 15) is 9.59 Å². The summed E-state index contributed by atoms with van der Waals surface area (Å²) >= 11 is 0. The molecule has 2 heterocycles. The van der Waals surface area contributed by atoms with Gasteiger partial charge in [0.15, 0.2) is 0 Å². The molecule has 2 aliphatic heterocycles. The average Bonchev–Trinajstić information content (AvgIpc) is 3.15. The lowest BCUT2D eigenvalue weighted by Gasteiger charge is -2.34. The van der Waals surface area contributed by atoms with Crippen LogP contribution < -0.4 is 10.2 Å². The molecule has 2 aromatic rings. The number of nitrogens with one attached hydrogen (secondary N) is 1. The van der Waals surface area contributed by atoms with Crippen molar-refractivity contribution < 1.29 is 9.59 Å². The van der Waals surface area contributed by atoms with Gasteiger partial charge in [-0.2, -0.15) is 0 Å². The van der Waals surface area contributed by atoms with Crippen LogP contribution >= 0.6 is 0 Å². The Hall–Kier alpha value is -2.86. The number of hydrogen-bond acceptors (Lipinski definition) is 3. The molecule has 0 spiro atoms. The number of amides is 3. The Kier molecular flexibility index (Phi) is 5.07. The number of carbonyl (C=O) groups is 2. The minimum absolute atomic E-state index is 0.0618. The molecule has 0 saturated carbocycles. The Morgan fingerprint density at radius 1 is 0.889 bits per heavy atom. The molecule has 0 bridgehead atoms. The summed E-state index contributed by atoms with van der Waals surface area (Å²) in [5.41, 5.74) is 2.81. The number of piperazine rings is 1. The maximum absolute atomic E-state index is 12.8. The number of carbonyl (C=O) groups excluding carboxylic acids is 2. The van der Waals surface area contributed by atoms with Crippen molar-refractivity contribution in [3.63, 3.8) is 0 Å². The topological polar surface area (TPSA) is 55.9 Å². The standard InChI is InChI=1S/C21H24N4O2/c26-20(18-6-8-19(9-7-18)25-11-10-22-21(25)27)24-14-12-23(13-15-24)16-17-4-2-1-3-5-17/h1-9H,10-16H2,(H,22,27). The Balaban J connectivity index is 1.33. The molecule has 0 atom stereocenters. The Morgan fingerprint density at radius 3 is 2.22 bits per heavy atom. The molecule has 3 amide bonds. The fourth-order valence-electron chi connectivity index (χ4n) is 3.64. The highest BCUT2D eigenvalue weighted by atomic mass is 16.2. The van der Waals surface area contributed by atoms with Crippen molar-refractivity contribution in [3.05, 3.63) is 65.7 Å². The zero-order valence-corrected chi connectivity index (χ0v) is 15.3. The van der Waals surface area contributed by atoms with Gasteiger partial charge >= 0.3 is 6.03 Å². The number of benzene rings is 2. The third-order valence-electron chi connectivity index (χ3n) is 5.19. The van der Waals surface area contributed by atoms with E-state index < -0.39 is 0 Å². The third-order valence-corrected chi connectivity index (χ3v) is 5.19. The van der Waals surface area contributed by atoms with Crippen LogP contribution in [0.2, 0.25) is 0 Å². The Labute approximate surface area is 159 Å². The first-order valence-electron chi connectivity index (χ1n) is 9.42. The van der Waals surface area contributed by atoms with E-state index in [2.05, 4.69) is 34.5 Å². The average molecular weight is 364 g/mol. The van der Waals surface area contributed by atoms with Gasteiger partial charge in [0.05, 0.1) is 0 Å². The van der Waals surface area contributed by atoms with Crippen molar-refractivity contribution in [2.75, 3.05) is 44.2 Å². The summed E-state index contributed by atoms with van der Waals surface area (Å²) in [6, 6.07) is 17.7. The fourth-order valence-corrected chi connectivity index (χ4v) is 3.64. The van der Waals surface area contributed by atoms with Gasteiger partial charge in [0.2, 0.25) is 0 Å². The number of urea groups is 1. The summed E-state index contributed by atoms with van der Waals surface area (Å²) in [5.74, 6) is 0.0618. The molecule has 6 nitrogen and oxygen atoms in total. The first-order chi connectivity index (χ1) is 13.2. The second-order valence-corrected chi connectivity index (χ2v) is 6.98. The van der Waals surface area contributed by atoms with E-state index in [1.807, 2.05) is 35.2 Å². The van der Waals surface area contributed by atoms with E-state index in [1.165, 1.54) is 5.56 Å². The highest BCUT2D eigenvalue weighted by Crippen LogP contribution is 2.19. The lowest BCUT2D eigenvalue weighted by molar-refractivity contribution is 0.0628. The first-order valence-corrected chi connectivity index (χ1v) is 9.42. The molecular formula is C21H24N4O2. The molecule has 2 aliphatic rings. The number of anilines is 1. The van der Waals surface area contributed by atoms with Gasteiger partial charge in [-0.1, -0.05) is 30.3 Å².